The fraction of sp³-hybridized carbons (Fsp3) is 0.500. The van der Waals surface area contributed by atoms with Crippen molar-refractivity contribution in [3.05, 3.63) is 47.7 Å². The van der Waals surface area contributed by atoms with Crippen LogP contribution in [0, 0.1) is 6.92 Å². The summed E-state index contributed by atoms with van der Waals surface area (Å²) in [5, 5.41) is 7.91. The van der Waals surface area contributed by atoms with Crippen LogP contribution in [0.25, 0.3) is 0 Å². The summed E-state index contributed by atoms with van der Waals surface area (Å²) in [5.41, 5.74) is 1.24. The van der Waals surface area contributed by atoms with Crippen LogP contribution in [-0.4, -0.2) is 34.3 Å². The maximum atomic E-state index is 5.99. The van der Waals surface area contributed by atoms with Crippen molar-refractivity contribution in [3.8, 4) is 0 Å². The molecule has 1 saturated heterocycles. The van der Waals surface area contributed by atoms with Gasteiger partial charge in [-0.2, -0.15) is 0 Å². The molecule has 21 heavy (non-hydrogen) atoms. The first-order valence-corrected chi connectivity index (χ1v) is 7.46. The van der Waals surface area contributed by atoms with Gasteiger partial charge >= 0.3 is 0 Å². The standard InChI is InChI=1S/C16H21N3O2/c1-13-17-18-16(21-13)11-19-9-7-15(8-10-19)20-12-14-5-3-2-4-6-14/h2-6,15H,7-12H2,1H3. The minimum absolute atomic E-state index is 0.353. The predicted octanol–water partition coefficient (Wildman–Crippen LogP) is 2.56. The largest absolute Gasteiger partial charge is 0.424 e. The van der Waals surface area contributed by atoms with Gasteiger partial charge in [0, 0.05) is 20.0 Å². The molecule has 0 radical (unpaired) electrons. The van der Waals surface area contributed by atoms with E-state index in [0.29, 0.717) is 24.5 Å². The maximum Gasteiger partial charge on any atom is 0.230 e. The molecule has 1 aliphatic rings. The molecule has 0 bridgehead atoms. The van der Waals surface area contributed by atoms with Gasteiger partial charge in [0.25, 0.3) is 0 Å². The van der Waals surface area contributed by atoms with Crippen LogP contribution in [0.4, 0.5) is 0 Å². The first kappa shape index (κ1) is 14.2. The number of hydrogen-bond donors (Lipinski definition) is 0. The van der Waals surface area contributed by atoms with E-state index in [1.165, 1.54) is 5.56 Å². The molecule has 2 heterocycles. The smallest absolute Gasteiger partial charge is 0.230 e. The third-order valence-electron chi connectivity index (χ3n) is 3.79. The van der Waals surface area contributed by atoms with E-state index in [1.807, 2.05) is 25.1 Å². The van der Waals surface area contributed by atoms with Crippen LogP contribution < -0.4 is 0 Å². The molecule has 1 aromatic heterocycles. The molecule has 0 atom stereocenters. The van der Waals surface area contributed by atoms with Crippen LogP contribution in [-0.2, 0) is 17.9 Å². The van der Waals surface area contributed by atoms with E-state index in [4.69, 9.17) is 9.15 Å². The predicted molar refractivity (Wildman–Crippen MR) is 78.6 cm³/mol. The van der Waals surface area contributed by atoms with Crippen molar-refractivity contribution < 1.29 is 9.15 Å². The highest BCUT2D eigenvalue weighted by atomic mass is 16.5. The van der Waals surface area contributed by atoms with Crippen LogP contribution in [0.3, 0.4) is 0 Å². The Kier molecular flexibility index (Phi) is 4.62. The summed E-state index contributed by atoms with van der Waals surface area (Å²) < 4.78 is 11.4. The van der Waals surface area contributed by atoms with Crippen molar-refractivity contribution >= 4 is 0 Å². The second kappa shape index (κ2) is 6.83. The van der Waals surface area contributed by atoms with Gasteiger partial charge in [-0.05, 0) is 18.4 Å². The van der Waals surface area contributed by atoms with Gasteiger partial charge in [-0.15, -0.1) is 10.2 Å². The van der Waals surface area contributed by atoms with Crippen molar-refractivity contribution in [2.75, 3.05) is 13.1 Å². The van der Waals surface area contributed by atoms with Crippen molar-refractivity contribution in [2.24, 2.45) is 0 Å². The van der Waals surface area contributed by atoms with Gasteiger partial charge in [0.15, 0.2) is 0 Å². The van der Waals surface area contributed by atoms with E-state index in [2.05, 4.69) is 27.2 Å². The summed E-state index contributed by atoms with van der Waals surface area (Å²) in [5.74, 6) is 1.34. The molecule has 1 aliphatic heterocycles. The average molecular weight is 287 g/mol. The van der Waals surface area contributed by atoms with E-state index in [0.717, 1.165) is 32.5 Å². The van der Waals surface area contributed by atoms with E-state index in [1.54, 1.807) is 0 Å². The van der Waals surface area contributed by atoms with Crippen molar-refractivity contribution in [1.29, 1.82) is 0 Å². The first-order chi connectivity index (χ1) is 10.3. The normalized spacial score (nSPS) is 17.2. The van der Waals surface area contributed by atoms with Gasteiger partial charge in [-0.25, -0.2) is 0 Å². The minimum Gasteiger partial charge on any atom is -0.424 e. The van der Waals surface area contributed by atoms with Crippen LogP contribution in [0.1, 0.15) is 30.2 Å². The van der Waals surface area contributed by atoms with Gasteiger partial charge in [-0.1, -0.05) is 30.3 Å². The number of piperidine rings is 1. The number of benzene rings is 1. The summed E-state index contributed by atoms with van der Waals surface area (Å²) >= 11 is 0. The monoisotopic (exact) mass is 287 g/mol. The molecule has 3 rings (SSSR count). The second-order valence-corrected chi connectivity index (χ2v) is 5.49. The Balaban J connectivity index is 1.40. The lowest BCUT2D eigenvalue weighted by Gasteiger charge is -2.30. The molecule has 0 amide bonds. The first-order valence-electron chi connectivity index (χ1n) is 7.46. The number of likely N-dealkylation sites (tertiary alicyclic amines) is 1. The Morgan fingerprint density at radius 3 is 2.62 bits per heavy atom. The van der Waals surface area contributed by atoms with Gasteiger partial charge < -0.3 is 9.15 Å². The zero-order valence-electron chi connectivity index (χ0n) is 12.4. The zero-order valence-corrected chi connectivity index (χ0v) is 12.4. The molecule has 2 aromatic rings. The van der Waals surface area contributed by atoms with E-state index in [-0.39, 0.29) is 0 Å². The number of aryl methyl sites for hydroxylation is 1. The number of hydrogen-bond acceptors (Lipinski definition) is 5. The molecule has 5 heteroatoms. The Morgan fingerprint density at radius 1 is 1.19 bits per heavy atom. The molecule has 0 saturated carbocycles. The molecule has 0 N–H and O–H groups in total. The molecule has 112 valence electrons. The topological polar surface area (TPSA) is 51.4 Å². The van der Waals surface area contributed by atoms with Crippen LogP contribution >= 0.6 is 0 Å². The van der Waals surface area contributed by atoms with Crippen LogP contribution in [0.2, 0.25) is 0 Å². The highest BCUT2D eigenvalue weighted by Gasteiger charge is 2.21. The van der Waals surface area contributed by atoms with E-state index >= 15 is 0 Å². The fourth-order valence-corrected chi connectivity index (χ4v) is 2.62. The summed E-state index contributed by atoms with van der Waals surface area (Å²) in [6, 6.07) is 10.3. The van der Waals surface area contributed by atoms with Crippen molar-refractivity contribution in [2.45, 2.75) is 39.0 Å². The van der Waals surface area contributed by atoms with Gasteiger partial charge in [-0.3, -0.25) is 4.90 Å². The third kappa shape index (κ3) is 4.12. The molecular weight excluding hydrogens is 266 g/mol. The van der Waals surface area contributed by atoms with Crippen LogP contribution in [0.5, 0.6) is 0 Å². The Bertz CT molecular complexity index is 548. The summed E-state index contributed by atoms with van der Waals surface area (Å²) in [4.78, 5) is 2.34. The summed E-state index contributed by atoms with van der Waals surface area (Å²) in [6.07, 6.45) is 2.46. The SMILES string of the molecule is Cc1nnc(CN2CCC(OCc3ccccc3)CC2)o1. The van der Waals surface area contributed by atoms with Crippen LogP contribution in [0.15, 0.2) is 34.7 Å². The Hall–Kier alpha value is -1.72. The maximum absolute atomic E-state index is 5.99. The second-order valence-electron chi connectivity index (χ2n) is 5.49. The van der Waals surface area contributed by atoms with E-state index in [9.17, 15) is 0 Å². The lowest BCUT2D eigenvalue weighted by molar-refractivity contribution is -0.00532. The van der Waals surface area contributed by atoms with Crippen molar-refractivity contribution in [1.82, 2.24) is 15.1 Å². The highest BCUT2D eigenvalue weighted by Crippen LogP contribution is 2.17. The molecule has 0 spiro atoms. The summed E-state index contributed by atoms with van der Waals surface area (Å²) in [7, 11) is 0. The van der Waals surface area contributed by atoms with Crippen molar-refractivity contribution in [3.63, 3.8) is 0 Å². The number of rotatable bonds is 5. The Labute approximate surface area is 124 Å². The molecule has 1 fully saturated rings. The third-order valence-corrected chi connectivity index (χ3v) is 3.79. The zero-order chi connectivity index (χ0) is 14.5. The lowest BCUT2D eigenvalue weighted by atomic mass is 10.1. The highest BCUT2D eigenvalue weighted by molar-refractivity contribution is 5.13. The molecule has 1 aromatic carbocycles. The molecule has 5 nitrogen and oxygen atoms in total. The molecule has 0 unspecified atom stereocenters. The number of aromatic nitrogens is 2. The number of nitrogens with zero attached hydrogens (tertiary/aromatic N) is 3. The fourth-order valence-electron chi connectivity index (χ4n) is 2.62. The average Bonchev–Trinajstić information content (AvgIpc) is 2.93. The number of ether oxygens (including phenoxy) is 1. The minimum atomic E-state index is 0.353. The lowest BCUT2D eigenvalue weighted by Crippen LogP contribution is -2.36. The summed E-state index contributed by atoms with van der Waals surface area (Å²) in [6.45, 7) is 5.29. The van der Waals surface area contributed by atoms with E-state index < -0.39 is 0 Å². The Morgan fingerprint density at radius 2 is 1.95 bits per heavy atom. The van der Waals surface area contributed by atoms with Gasteiger partial charge in [0.05, 0.1) is 19.3 Å². The van der Waals surface area contributed by atoms with Gasteiger partial charge in [0.1, 0.15) is 0 Å². The molecule has 0 aliphatic carbocycles. The quantitative estimate of drug-likeness (QED) is 0.846. The molecular formula is C16H21N3O2. The van der Waals surface area contributed by atoms with Gasteiger partial charge in [0.2, 0.25) is 11.8 Å².